The fraction of sp³-hybridized carbons (Fsp3) is 0.200. The van der Waals surface area contributed by atoms with Crippen molar-refractivity contribution in [1.82, 2.24) is 0 Å². The lowest BCUT2D eigenvalue weighted by Crippen LogP contribution is -1.94. The first-order chi connectivity index (χ1) is 6.74. The zero-order valence-electron chi connectivity index (χ0n) is 7.71. The van der Waals surface area contributed by atoms with Crippen molar-refractivity contribution in [2.75, 3.05) is 12.3 Å². The van der Waals surface area contributed by atoms with E-state index in [1.54, 1.807) is 11.4 Å². The van der Waals surface area contributed by atoms with E-state index in [-0.39, 0.29) is 5.82 Å². The molecule has 1 heterocycles. The lowest BCUT2D eigenvalue weighted by Gasteiger charge is -2.05. The molecule has 2 N–H and O–H groups in total. The molecule has 0 bridgehead atoms. The fourth-order valence-electron chi connectivity index (χ4n) is 1.35. The van der Waals surface area contributed by atoms with Gasteiger partial charge in [0.1, 0.15) is 0 Å². The minimum Gasteiger partial charge on any atom is -0.489 e. The monoisotopic (exact) mass is 211 g/mol. The van der Waals surface area contributed by atoms with Gasteiger partial charge < -0.3 is 10.5 Å². The Morgan fingerprint density at radius 2 is 2.29 bits per heavy atom. The van der Waals surface area contributed by atoms with Gasteiger partial charge in [0.15, 0.2) is 11.6 Å². The number of nitrogen functional groups attached to an aromatic ring is 1. The van der Waals surface area contributed by atoms with Gasteiger partial charge in [-0.3, -0.25) is 0 Å². The van der Waals surface area contributed by atoms with Crippen LogP contribution >= 0.6 is 11.3 Å². The molecule has 0 amide bonds. The first-order valence-electron chi connectivity index (χ1n) is 4.32. The van der Waals surface area contributed by atoms with Crippen LogP contribution in [0, 0.1) is 5.82 Å². The molecule has 74 valence electrons. The molecule has 14 heavy (non-hydrogen) atoms. The zero-order chi connectivity index (χ0) is 10.1. The first kappa shape index (κ1) is 9.27. The van der Waals surface area contributed by atoms with E-state index >= 15 is 0 Å². The molecular weight excluding hydrogens is 201 g/mol. The van der Waals surface area contributed by atoms with Crippen molar-refractivity contribution in [1.29, 1.82) is 0 Å². The summed E-state index contributed by atoms with van der Waals surface area (Å²) in [5, 5.41) is 2.66. The molecule has 0 saturated heterocycles. The Labute approximate surface area is 85.1 Å². The lowest BCUT2D eigenvalue weighted by molar-refractivity contribution is 0.326. The van der Waals surface area contributed by atoms with Crippen LogP contribution in [0.4, 0.5) is 10.1 Å². The smallest absolute Gasteiger partial charge is 0.172 e. The van der Waals surface area contributed by atoms with Gasteiger partial charge in [0, 0.05) is 10.8 Å². The Morgan fingerprint density at radius 1 is 1.50 bits per heavy atom. The molecule has 0 unspecified atom stereocenters. The summed E-state index contributed by atoms with van der Waals surface area (Å²) in [6.45, 7) is 2.28. The average molecular weight is 211 g/mol. The highest BCUT2D eigenvalue weighted by Crippen LogP contribution is 2.37. The number of hydrogen-bond donors (Lipinski definition) is 1. The van der Waals surface area contributed by atoms with Crippen molar-refractivity contribution < 1.29 is 9.13 Å². The number of fused-ring (bicyclic) bond motifs is 1. The van der Waals surface area contributed by atoms with E-state index in [4.69, 9.17) is 10.5 Å². The van der Waals surface area contributed by atoms with Gasteiger partial charge in [-0.2, -0.15) is 0 Å². The van der Waals surface area contributed by atoms with E-state index in [0.717, 1.165) is 10.1 Å². The van der Waals surface area contributed by atoms with Gasteiger partial charge in [0.25, 0.3) is 0 Å². The molecule has 4 heteroatoms. The third-order valence-corrected chi connectivity index (χ3v) is 2.98. The molecule has 0 saturated carbocycles. The SMILES string of the molecule is CCOc1c(F)ccc2c(N)csc12. The first-order valence-corrected chi connectivity index (χ1v) is 5.20. The molecule has 0 aliphatic heterocycles. The number of hydrogen-bond acceptors (Lipinski definition) is 3. The zero-order valence-corrected chi connectivity index (χ0v) is 8.53. The quantitative estimate of drug-likeness (QED) is 0.828. The largest absolute Gasteiger partial charge is 0.489 e. The van der Waals surface area contributed by atoms with Crippen molar-refractivity contribution in [3.05, 3.63) is 23.3 Å². The van der Waals surface area contributed by atoms with Crippen LogP contribution in [-0.2, 0) is 0 Å². The van der Waals surface area contributed by atoms with Crippen LogP contribution in [0.2, 0.25) is 0 Å². The van der Waals surface area contributed by atoms with E-state index in [0.29, 0.717) is 18.0 Å². The lowest BCUT2D eigenvalue weighted by atomic mass is 10.2. The molecule has 0 atom stereocenters. The second-order valence-corrected chi connectivity index (χ2v) is 3.76. The van der Waals surface area contributed by atoms with Gasteiger partial charge in [0.2, 0.25) is 0 Å². The van der Waals surface area contributed by atoms with Crippen LogP contribution < -0.4 is 10.5 Å². The van der Waals surface area contributed by atoms with Gasteiger partial charge >= 0.3 is 0 Å². The van der Waals surface area contributed by atoms with Crippen molar-refractivity contribution in [2.45, 2.75) is 6.92 Å². The van der Waals surface area contributed by atoms with Crippen molar-refractivity contribution in [2.24, 2.45) is 0 Å². The predicted molar refractivity (Wildman–Crippen MR) is 57.4 cm³/mol. The summed E-state index contributed by atoms with van der Waals surface area (Å²) >= 11 is 1.40. The highest BCUT2D eigenvalue weighted by atomic mass is 32.1. The molecule has 2 aromatic rings. The molecule has 1 aromatic heterocycles. The maximum atomic E-state index is 13.4. The van der Waals surface area contributed by atoms with Gasteiger partial charge in [-0.1, -0.05) is 0 Å². The number of nitrogens with two attached hydrogens (primary N) is 1. The van der Waals surface area contributed by atoms with Gasteiger partial charge in [-0.05, 0) is 19.1 Å². The molecule has 1 aromatic carbocycles. The molecule has 2 rings (SSSR count). The maximum Gasteiger partial charge on any atom is 0.172 e. The second-order valence-electron chi connectivity index (χ2n) is 2.88. The van der Waals surface area contributed by atoms with Crippen LogP contribution in [0.25, 0.3) is 10.1 Å². The van der Waals surface area contributed by atoms with E-state index in [1.807, 2.05) is 6.92 Å². The van der Waals surface area contributed by atoms with Crippen molar-refractivity contribution in [3.63, 3.8) is 0 Å². The van der Waals surface area contributed by atoms with Gasteiger partial charge in [-0.15, -0.1) is 11.3 Å². The van der Waals surface area contributed by atoms with Gasteiger partial charge in [0.05, 0.1) is 17.0 Å². The molecule has 0 spiro atoms. The normalized spacial score (nSPS) is 10.7. The second kappa shape index (κ2) is 3.46. The average Bonchev–Trinajstić information content (AvgIpc) is 2.53. The van der Waals surface area contributed by atoms with E-state index in [1.165, 1.54) is 17.4 Å². The summed E-state index contributed by atoms with van der Waals surface area (Å²) in [7, 11) is 0. The van der Waals surface area contributed by atoms with Crippen LogP contribution in [0.15, 0.2) is 17.5 Å². The molecular formula is C10H10FNOS. The van der Waals surface area contributed by atoms with Crippen molar-refractivity contribution in [3.8, 4) is 5.75 Å². The van der Waals surface area contributed by atoms with Gasteiger partial charge in [-0.25, -0.2) is 4.39 Å². The summed E-state index contributed by atoms with van der Waals surface area (Å²) in [6.07, 6.45) is 0. The minimum absolute atomic E-state index is 0.312. The molecule has 0 aliphatic rings. The van der Waals surface area contributed by atoms with Crippen LogP contribution in [-0.4, -0.2) is 6.61 Å². The van der Waals surface area contributed by atoms with E-state index in [2.05, 4.69) is 0 Å². The van der Waals surface area contributed by atoms with Crippen molar-refractivity contribution >= 4 is 27.1 Å². The fourth-order valence-corrected chi connectivity index (χ4v) is 2.30. The summed E-state index contributed by atoms with van der Waals surface area (Å²) in [6, 6.07) is 3.06. The summed E-state index contributed by atoms with van der Waals surface area (Å²) < 4.78 is 19.4. The number of ether oxygens (including phenoxy) is 1. The maximum absolute atomic E-state index is 13.4. The highest BCUT2D eigenvalue weighted by molar-refractivity contribution is 7.18. The van der Waals surface area contributed by atoms with Crippen LogP contribution in [0.3, 0.4) is 0 Å². The third kappa shape index (κ3) is 1.32. The number of rotatable bonds is 2. The number of thiophene rings is 1. The number of benzene rings is 1. The standard InChI is InChI=1S/C10H10FNOS/c1-2-13-9-7(11)4-3-6-8(12)5-14-10(6)9/h3-5H,2,12H2,1H3. The van der Waals surface area contributed by atoms with E-state index < -0.39 is 0 Å². The minimum atomic E-state index is -0.332. The summed E-state index contributed by atoms with van der Waals surface area (Å²) in [4.78, 5) is 0. The predicted octanol–water partition coefficient (Wildman–Crippen LogP) is 3.02. The Bertz CT molecular complexity index is 466. The topological polar surface area (TPSA) is 35.2 Å². The molecule has 2 nitrogen and oxygen atoms in total. The third-order valence-electron chi connectivity index (χ3n) is 1.97. The van der Waals surface area contributed by atoms with E-state index in [9.17, 15) is 4.39 Å². The summed E-state index contributed by atoms with van der Waals surface area (Å²) in [5.41, 5.74) is 6.40. The Morgan fingerprint density at radius 3 is 3.00 bits per heavy atom. The molecule has 0 aliphatic carbocycles. The Balaban J connectivity index is 2.70. The number of halogens is 1. The van der Waals surface area contributed by atoms with Crippen LogP contribution in [0.1, 0.15) is 6.92 Å². The highest BCUT2D eigenvalue weighted by Gasteiger charge is 2.11. The number of anilines is 1. The summed E-state index contributed by atoms with van der Waals surface area (Å²) in [5.74, 6) is -0.0205. The Kier molecular flexibility index (Phi) is 2.29. The Hall–Kier alpha value is -1.29. The molecule has 0 radical (unpaired) electrons. The van der Waals surface area contributed by atoms with Crippen LogP contribution in [0.5, 0.6) is 5.75 Å². The molecule has 0 fully saturated rings.